The fourth-order valence-corrected chi connectivity index (χ4v) is 2.76. The second kappa shape index (κ2) is 4.83. The van der Waals surface area contributed by atoms with Crippen LogP contribution in [0.1, 0.15) is 17.2 Å². The molecule has 2 aromatic rings. The highest BCUT2D eigenvalue weighted by Gasteiger charge is 2.26. The van der Waals surface area contributed by atoms with Crippen LogP contribution in [0, 0.1) is 5.82 Å². The molecule has 0 radical (unpaired) electrons. The Morgan fingerprint density at radius 2 is 2.11 bits per heavy atom. The Labute approximate surface area is 116 Å². The lowest BCUT2D eigenvalue weighted by Gasteiger charge is -2.19. The number of halogens is 2. The van der Waals surface area contributed by atoms with Crippen LogP contribution in [-0.2, 0) is 6.54 Å². The zero-order valence-electron chi connectivity index (χ0n) is 10.3. The van der Waals surface area contributed by atoms with Gasteiger partial charge in [-0.3, -0.25) is 0 Å². The van der Waals surface area contributed by atoms with E-state index in [4.69, 9.17) is 17.3 Å². The van der Waals surface area contributed by atoms with Crippen LogP contribution < -0.4 is 10.6 Å². The summed E-state index contributed by atoms with van der Waals surface area (Å²) >= 11 is 5.99. The van der Waals surface area contributed by atoms with E-state index in [1.807, 2.05) is 24.3 Å². The lowest BCUT2D eigenvalue weighted by atomic mass is 10.1. The predicted molar refractivity (Wildman–Crippen MR) is 75.8 cm³/mol. The van der Waals surface area contributed by atoms with Gasteiger partial charge in [-0.1, -0.05) is 23.7 Å². The number of nitrogens with zero attached hydrogens (tertiary/aromatic N) is 1. The maximum Gasteiger partial charge on any atom is 0.123 e. The second-order valence-electron chi connectivity index (χ2n) is 4.82. The van der Waals surface area contributed by atoms with Crippen molar-refractivity contribution < 1.29 is 4.39 Å². The van der Waals surface area contributed by atoms with Crippen LogP contribution in [-0.4, -0.2) is 6.54 Å². The largest absolute Gasteiger partial charge is 0.365 e. The lowest BCUT2D eigenvalue weighted by molar-refractivity contribution is 0.624. The molecule has 1 atom stereocenters. The molecule has 98 valence electrons. The van der Waals surface area contributed by atoms with Crippen molar-refractivity contribution in [3.8, 4) is 0 Å². The van der Waals surface area contributed by atoms with E-state index in [2.05, 4.69) is 4.90 Å². The van der Waals surface area contributed by atoms with E-state index in [1.54, 1.807) is 6.07 Å². The first-order chi connectivity index (χ1) is 9.13. The molecule has 3 rings (SSSR count). The summed E-state index contributed by atoms with van der Waals surface area (Å²) in [5, 5.41) is 0.723. The average Bonchev–Trinajstić information content (AvgIpc) is 2.66. The zero-order valence-corrected chi connectivity index (χ0v) is 11.1. The standard InChI is InChI=1S/C15H14ClFN2/c16-11-3-1-2-10(6-11)8-19-9-14(18)13-7-12(17)4-5-15(13)19/h1-7,14H,8-9,18H2. The van der Waals surface area contributed by atoms with Crippen molar-refractivity contribution in [2.24, 2.45) is 5.73 Å². The van der Waals surface area contributed by atoms with Gasteiger partial charge in [0.05, 0.1) is 0 Å². The highest BCUT2D eigenvalue weighted by atomic mass is 35.5. The summed E-state index contributed by atoms with van der Waals surface area (Å²) in [5.41, 5.74) is 9.06. The fourth-order valence-electron chi connectivity index (χ4n) is 2.55. The molecule has 4 heteroatoms. The molecule has 0 saturated carbocycles. The summed E-state index contributed by atoms with van der Waals surface area (Å²) in [5.74, 6) is -0.237. The quantitative estimate of drug-likeness (QED) is 0.910. The van der Waals surface area contributed by atoms with Crippen LogP contribution in [0.15, 0.2) is 42.5 Å². The number of hydrogen-bond donors (Lipinski definition) is 1. The molecule has 2 nitrogen and oxygen atoms in total. The maximum absolute atomic E-state index is 13.3. The molecule has 1 aliphatic rings. The molecule has 0 spiro atoms. The first-order valence-electron chi connectivity index (χ1n) is 6.18. The summed E-state index contributed by atoms with van der Waals surface area (Å²) in [7, 11) is 0. The van der Waals surface area contributed by atoms with Gasteiger partial charge in [-0.2, -0.15) is 0 Å². The topological polar surface area (TPSA) is 29.3 Å². The minimum absolute atomic E-state index is 0.134. The first-order valence-corrected chi connectivity index (χ1v) is 6.56. The lowest BCUT2D eigenvalue weighted by Crippen LogP contribution is -2.23. The Morgan fingerprint density at radius 1 is 1.26 bits per heavy atom. The van der Waals surface area contributed by atoms with Gasteiger partial charge in [-0.15, -0.1) is 0 Å². The number of nitrogens with two attached hydrogens (primary N) is 1. The number of fused-ring (bicyclic) bond motifs is 1. The number of hydrogen-bond acceptors (Lipinski definition) is 2. The van der Waals surface area contributed by atoms with Gasteiger partial charge in [0.25, 0.3) is 0 Å². The third kappa shape index (κ3) is 2.44. The van der Waals surface area contributed by atoms with Crippen LogP contribution >= 0.6 is 11.6 Å². The van der Waals surface area contributed by atoms with Crippen molar-refractivity contribution in [1.29, 1.82) is 0 Å². The van der Waals surface area contributed by atoms with Gasteiger partial charge in [0, 0.05) is 29.8 Å². The van der Waals surface area contributed by atoms with E-state index in [0.29, 0.717) is 6.54 Å². The molecule has 0 aliphatic carbocycles. The van der Waals surface area contributed by atoms with Crippen molar-refractivity contribution in [3.05, 3.63) is 64.4 Å². The van der Waals surface area contributed by atoms with Crippen molar-refractivity contribution in [3.63, 3.8) is 0 Å². The zero-order chi connectivity index (χ0) is 13.4. The second-order valence-corrected chi connectivity index (χ2v) is 5.26. The molecule has 2 aromatic carbocycles. The highest BCUT2D eigenvalue weighted by Crippen LogP contribution is 2.34. The normalized spacial score (nSPS) is 17.6. The van der Waals surface area contributed by atoms with Crippen LogP contribution in [0.25, 0.3) is 0 Å². The Balaban J connectivity index is 1.89. The van der Waals surface area contributed by atoms with E-state index in [-0.39, 0.29) is 11.9 Å². The van der Waals surface area contributed by atoms with Crippen LogP contribution in [0.5, 0.6) is 0 Å². The van der Waals surface area contributed by atoms with Gasteiger partial charge in [0.1, 0.15) is 5.82 Å². The number of rotatable bonds is 2. The average molecular weight is 277 g/mol. The highest BCUT2D eigenvalue weighted by molar-refractivity contribution is 6.30. The van der Waals surface area contributed by atoms with E-state index in [9.17, 15) is 4.39 Å². The Kier molecular flexibility index (Phi) is 3.17. The third-order valence-corrected chi connectivity index (χ3v) is 3.64. The number of benzene rings is 2. The van der Waals surface area contributed by atoms with Crippen molar-refractivity contribution in [2.75, 3.05) is 11.4 Å². The molecule has 0 fully saturated rings. The smallest absolute Gasteiger partial charge is 0.123 e. The molecule has 1 heterocycles. The van der Waals surface area contributed by atoms with Crippen molar-refractivity contribution in [1.82, 2.24) is 0 Å². The monoisotopic (exact) mass is 276 g/mol. The van der Waals surface area contributed by atoms with Crippen LogP contribution in [0.4, 0.5) is 10.1 Å². The van der Waals surface area contributed by atoms with E-state index in [0.717, 1.165) is 28.4 Å². The van der Waals surface area contributed by atoms with Gasteiger partial charge in [0.15, 0.2) is 0 Å². The molecule has 2 N–H and O–H groups in total. The van der Waals surface area contributed by atoms with Gasteiger partial charge >= 0.3 is 0 Å². The van der Waals surface area contributed by atoms with E-state index < -0.39 is 0 Å². The number of anilines is 1. The van der Waals surface area contributed by atoms with Gasteiger partial charge in [-0.05, 0) is 41.5 Å². The fraction of sp³-hybridized carbons (Fsp3) is 0.200. The molecule has 1 aliphatic heterocycles. The molecule has 0 saturated heterocycles. The van der Waals surface area contributed by atoms with Gasteiger partial charge in [-0.25, -0.2) is 4.39 Å². The predicted octanol–water partition coefficient (Wildman–Crippen LogP) is 3.50. The molecular formula is C15H14ClFN2. The molecule has 0 aromatic heterocycles. The van der Waals surface area contributed by atoms with Crippen LogP contribution in [0.2, 0.25) is 5.02 Å². The van der Waals surface area contributed by atoms with Gasteiger partial charge < -0.3 is 10.6 Å². The molecule has 1 unspecified atom stereocenters. The summed E-state index contributed by atoms with van der Waals surface area (Å²) in [6.07, 6.45) is 0. The van der Waals surface area contributed by atoms with Crippen LogP contribution in [0.3, 0.4) is 0 Å². The molecular weight excluding hydrogens is 263 g/mol. The maximum atomic E-state index is 13.3. The minimum Gasteiger partial charge on any atom is -0.365 e. The SMILES string of the molecule is NC1CN(Cc2cccc(Cl)c2)c2ccc(F)cc21. The molecule has 19 heavy (non-hydrogen) atoms. The Hall–Kier alpha value is -1.58. The minimum atomic E-state index is -0.237. The van der Waals surface area contributed by atoms with Crippen molar-refractivity contribution in [2.45, 2.75) is 12.6 Å². The van der Waals surface area contributed by atoms with Gasteiger partial charge in [0.2, 0.25) is 0 Å². The van der Waals surface area contributed by atoms with Crippen molar-refractivity contribution >= 4 is 17.3 Å². The summed E-state index contributed by atoms with van der Waals surface area (Å²) in [6.45, 7) is 1.43. The van der Waals surface area contributed by atoms with E-state index in [1.165, 1.54) is 12.1 Å². The summed E-state index contributed by atoms with van der Waals surface area (Å²) < 4.78 is 13.3. The third-order valence-electron chi connectivity index (χ3n) is 3.41. The summed E-state index contributed by atoms with van der Waals surface area (Å²) in [4.78, 5) is 2.16. The molecule has 0 amide bonds. The van der Waals surface area contributed by atoms with E-state index >= 15 is 0 Å². The first kappa shape index (κ1) is 12.5. The molecule has 0 bridgehead atoms. The summed E-state index contributed by atoms with van der Waals surface area (Å²) in [6, 6.07) is 12.4. The Morgan fingerprint density at radius 3 is 2.89 bits per heavy atom. The Bertz CT molecular complexity index is 615.